The summed E-state index contributed by atoms with van der Waals surface area (Å²) in [5.41, 5.74) is -1.59. The molecule has 1 aliphatic heterocycles. The monoisotopic (exact) mass is 395 g/mol. The van der Waals surface area contributed by atoms with Gasteiger partial charge in [-0.2, -0.15) is 0 Å². The van der Waals surface area contributed by atoms with Crippen LogP contribution in [0.5, 0.6) is 0 Å². The summed E-state index contributed by atoms with van der Waals surface area (Å²) in [5.74, 6) is -1.24. The van der Waals surface area contributed by atoms with Crippen LogP contribution in [0.4, 0.5) is 4.79 Å². The molecule has 0 bridgehead atoms. The van der Waals surface area contributed by atoms with Crippen molar-refractivity contribution in [1.29, 1.82) is 0 Å². The molecule has 0 aromatic rings. The van der Waals surface area contributed by atoms with Gasteiger partial charge >= 0.3 is 14.0 Å². The van der Waals surface area contributed by atoms with Gasteiger partial charge in [0, 0.05) is 12.8 Å². The topological polar surface area (TPSA) is 118 Å². The van der Waals surface area contributed by atoms with E-state index in [-0.39, 0.29) is 26.1 Å². The average Bonchev–Trinajstić information content (AvgIpc) is 2.71. The van der Waals surface area contributed by atoms with Crippen molar-refractivity contribution in [2.24, 2.45) is 0 Å². The van der Waals surface area contributed by atoms with Gasteiger partial charge in [-0.15, -0.1) is 0 Å². The zero-order chi connectivity index (χ0) is 20.2. The summed E-state index contributed by atoms with van der Waals surface area (Å²) < 4.78 is 33.4. The number of carbonyl (C=O) groups is 3. The highest BCUT2D eigenvalue weighted by Crippen LogP contribution is 2.55. The van der Waals surface area contributed by atoms with Crippen LogP contribution in [0.3, 0.4) is 0 Å². The molecule has 0 unspecified atom stereocenters. The van der Waals surface area contributed by atoms with Crippen LogP contribution >= 0.6 is 7.82 Å². The van der Waals surface area contributed by atoms with Gasteiger partial charge in [0.05, 0.1) is 17.8 Å². The Hall–Kier alpha value is -1.48. The van der Waals surface area contributed by atoms with Gasteiger partial charge in [-0.25, -0.2) is 9.36 Å². The van der Waals surface area contributed by atoms with Crippen molar-refractivity contribution in [3.63, 3.8) is 0 Å². The minimum Gasteiger partial charge on any atom is -0.430 e. The number of phosphoric acid groups is 1. The minimum atomic E-state index is -3.92. The Bertz CT molecular complexity index is 555. The zero-order valence-corrected chi connectivity index (χ0v) is 16.8. The number of phosphoric ester groups is 1. The van der Waals surface area contributed by atoms with Crippen LogP contribution in [-0.4, -0.2) is 47.4 Å². The Labute approximate surface area is 152 Å². The van der Waals surface area contributed by atoms with E-state index in [0.29, 0.717) is 5.06 Å². The Morgan fingerprint density at radius 3 is 1.85 bits per heavy atom. The van der Waals surface area contributed by atoms with Gasteiger partial charge < -0.3 is 4.74 Å². The number of hydrogen-bond acceptors (Lipinski definition) is 9. The number of hydrogen-bond donors (Lipinski definition) is 0. The molecule has 0 aromatic heterocycles. The highest BCUT2D eigenvalue weighted by atomic mass is 31.2. The summed E-state index contributed by atoms with van der Waals surface area (Å²) in [6, 6.07) is 0. The lowest BCUT2D eigenvalue weighted by Crippen LogP contribution is -2.32. The maximum Gasteiger partial charge on any atom is 0.534 e. The van der Waals surface area contributed by atoms with Crippen molar-refractivity contribution < 1.29 is 42.1 Å². The molecule has 0 atom stereocenters. The quantitative estimate of drug-likeness (QED) is 0.277. The maximum atomic E-state index is 12.7. The summed E-state index contributed by atoms with van der Waals surface area (Å²) in [4.78, 5) is 38.7. The number of nitrogens with zero attached hydrogens (tertiary/aromatic N) is 1. The van der Waals surface area contributed by atoms with Crippen LogP contribution in [0.25, 0.3) is 0 Å². The SMILES string of the molecule is CC(C)(C)OP(=O)(OCCOC(=O)ON1C(=O)CCC1=O)OC(C)(C)C. The number of hydroxylamine groups is 2. The molecule has 0 radical (unpaired) electrons. The van der Waals surface area contributed by atoms with E-state index in [0.717, 1.165) is 0 Å². The van der Waals surface area contributed by atoms with Crippen LogP contribution in [0.15, 0.2) is 0 Å². The molecule has 1 aliphatic rings. The van der Waals surface area contributed by atoms with E-state index in [4.69, 9.17) is 18.3 Å². The third kappa shape index (κ3) is 8.27. The van der Waals surface area contributed by atoms with Crippen molar-refractivity contribution in [1.82, 2.24) is 5.06 Å². The molecule has 0 N–H and O–H groups in total. The summed E-state index contributed by atoms with van der Waals surface area (Å²) in [7, 11) is -3.92. The van der Waals surface area contributed by atoms with Gasteiger partial charge in [0.2, 0.25) is 0 Å². The molecular weight excluding hydrogens is 369 g/mol. The Balaban J connectivity index is 2.49. The van der Waals surface area contributed by atoms with Crippen molar-refractivity contribution in [2.75, 3.05) is 13.2 Å². The molecule has 0 aromatic carbocycles. The molecule has 26 heavy (non-hydrogen) atoms. The molecule has 1 rings (SSSR count). The minimum absolute atomic E-state index is 0.0211. The van der Waals surface area contributed by atoms with Crippen LogP contribution in [0.1, 0.15) is 54.4 Å². The first-order chi connectivity index (χ1) is 11.7. The first kappa shape index (κ1) is 22.6. The molecule has 1 heterocycles. The van der Waals surface area contributed by atoms with Gasteiger partial charge in [-0.05, 0) is 41.5 Å². The Morgan fingerprint density at radius 2 is 1.42 bits per heavy atom. The molecule has 0 spiro atoms. The average molecular weight is 395 g/mol. The van der Waals surface area contributed by atoms with Crippen molar-refractivity contribution in [3.05, 3.63) is 0 Å². The lowest BCUT2D eigenvalue weighted by atomic mass is 10.2. The standard InChI is InChI=1S/C15H26NO9P/c1-14(2,3)24-26(20,25-15(4,5)6)22-10-9-21-13(19)23-16-11(17)7-8-12(16)18/h7-10H2,1-6H3. The molecule has 1 saturated heterocycles. The number of rotatable bonds is 7. The lowest BCUT2D eigenvalue weighted by Gasteiger charge is -2.30. The van der Waals surface area contributed by atoms with E-state index in [9.17, 15) is 18.9 Å². The Kier molecular flexibility index (Phi) is 7.35. The predicted octanol–water partition coefficient (Wildman–Crippen LogP) is 2.96. The maximum absolute atomic E-state index is 12.7. The summed E-state index contributed by atoms with van der Waals surface area (Å²) in [6.45, 7) is 9.47. The second kappa shape index (κ2) is 8.47. The summed E-state index contributed by atoms with van der Waals surface area (Å²) in [6.07, 6.45) is -1.29. The predicted molar refractivity (Wildman–Crippen MR) is 88.8 cm³/mol. The fraction of sp³-hybridized carbons (Fsp3) is 0.800. The first-order valence-corrected chi connectivity index (χ1v) is 9.53. The molecule has 2 amide bonds. The van der Waals surface area contributed by atoms with E-state index in [1.807, 2.05) is 0 Å². The highest BCUT2D eigenvalue weighted by Gasteiger charge is 2.37. The number of ether oxygens (including phenoxy) is 1. The van der Waals surface area contributed by atoms with Gasteiger partial charge in [-0.3, -0.25) is 28.0 Å². The first-order valence-electron chi connectivity index (χ1n) is 8.07. The molecule has 1 fully saturated rings. The Morgan fingerprint density at radius 1 is 0.962 bits per heavy atom. The third-order valence-corrected chi connectivity index (χ3v) is 4.54. The number of amides is 2. The van der Waals surface area contributed by atoms with E-state index in [1.165, 1.54) is 0 Å². The van der Waals surface area contributed by atoms with Crippen molar-refractivity contribution in [2.45, 2.75) is 65.6 Å². The number of carbonyl (C=O) groups excluding carboxylic acids is 3. The lowest BCUT2D eigenvalue weighted by molar-refractivity contribution is -0.177. The second-order valence-corrected chi connectivity index (χ2v) is 8.98. The van der Waals surface area contributed by atoms with Crippen molar-refractivity contribution >= 4 is 25.8 Å². The van der Waals surface area contributed by atoms with Crippen molar-refractivity contribution in [3.8, 4) is 0 Å². The fourth-order valence-corrected chi connectivity index (χ4v) is 3.56. The zero-order valence-electron chi connectivity index (χ0n) is 15.9. The fourth-order valence-electron chi connectivity index (χ4n) is 1.77. The third-order valence-electron chi connectivity index (χ3n) is 2.50. The highest BCUT2D eigenvalue weighted by molar-refractivity contribution is 7.48. The molecule has 0 saturated carbocycles. The van der Waals surface area contributed by atoms with Crippen LogP contribution in [0.2, 0.25) is 0 Å². The summed E-state index contributed by atoms with van der Waals surface area (Å²) >= 11 is 0. The van der Waals surface area contributed by atoms with E-state index in [2.05, 4.69) is 4.84 Å². The molecular formula is C15H26NO9P. The van der Waals surface area contributed by atoms with Gasteiger partial charge in [0.1, 0.15) is 6.61 Å². The molecule has 150 valence electrons. The smallest absolute Gasteiger partial charge is 0.430 e. The van der Waals surface area contributed by atoms with Crippen LogP contribution in [0, 0.1) is 0 Å². The van der Waals surface area contributed by atoms with Crippen LogP contribution in [-0.2, 0) is 37.3 Å². The normalized spacial score (nSPS) is 16.2. The van der Waals surface area contributed by atoms with E-state index in [1.54, 1.807) is 41.5 Å². The van der Waals surface area contributed by atoms with Gasteiger partial charge in [0.25, 0.3) is 11.8 Å². The van der Waals surface area contributed by atoms with E-state index >= 15 is 0 Å². The molecule has 10 nitrogen and oxygen atoms in total. The van der Waals surface area contributed by atoms with Crippen LogP contribution < -0.4 is 0 Å². The molecule has 11 heteroatoms. The van der Waals surface area contributed by atoms with E-state index < -0.39 is 37.0 Å². The van der Waals surface area contributed by atoms with Gasteiger partial charge in [-0.1, -0.05) is 5.06 Å². The summed E-state index contributed by atoms with van der Waals surface area (Å²) in [5, 5.41) is 0.361. The second-order valence-electron chi connectivity index (χ2n) is 7.46. The largest absolute Gasteiger partial charge is 0.534 e. The van der Waals surface area contributed by atoms with Gasteiger partial charge in [0.15, 0.2) is 0 Å². The molecule has 0 aliphatic carbocycles. The number of imide groups is 1.